The van der Waals surface area contributed by atoms with Gasteiger partial charge in [-0.25, -0.2) is 14.2 Å². The van der Waals surface area contributed by atoms with Crippen LogP contribution in [0.4, 0.5) is 10.3 Å². The molecule has 1 N–H and O–H groups in total. The molecule has 1 aromatic carbocycles. The van der Waals surface area contributed by atoms with Crippen molar-refractivity contribution in [2.75, 3.05) is 38.6 Å². The van der Waals surface area contributed by atoms with Crippen molar-refractivity contribution in [3.8, 4) is 5.75 Å². The number of rotatable bonds is 10. The Bertz CT molecular complexity index is 1380. The fourth-order valence-corrected chi connectivity index (χ4v) is 4.62. The SMILES string of the molecule is COc1ccc(Cn2c(=O)n(Cc3cncc(F)c3)c3cnc(NCCCN4CCCC4)nc32)cc1. The molecule has 0 saturated carbocycles. The minimum absolute atomic E-state index is 0.168. The monoisotopic (exact) mass is 491 g/mol. The van der Waals surface area contributed by atoms with E-state index in [1.165, 1.54) is 32.0 Å². The zero-order valence-corrected chi connectivity index (χ0v) is 20.4. The molecule has 188 valence electrons. The van der Waals surface area contributed by atoms with Gasteiger partial charge in [-0.15, -0.1) is 0 Å². The highest BCUT2D eigenvalue weighted by Gasteiger charge is 2.17. The summed E-state index contributed by atoms with van der Waals surface area (Å²) in [6, 6.07) is 8.94. The fraction of sp³-hybridized carbons (Fsp3) is 0.385. The van der Waals surface area contributed by atoms with Crippen LogP contribution >= 0.6 is 0 Å². The summed E-state index contributed by atoms with van der Waals surface area (Å²) in [7, 11) is 1.62. The van der Waals surface area contributed by atoms with Gasteiger partial charge in [-0.1, -0.05) is 12.1 Å². The Balaban J connectivity index is 1.43. The van der Waals surface area contributed by atoms with E-state index in [0.717, 1.165) is 37.0 Å². The third-order valence-electron chi connectivity index (χ3n) is 6.49. The highest BCUT2D eigenvalue weighted by atomic mass is 19.1. The number of methoxy groups -OCH3 is 1. The Morgan fingerprint density at radius 1 is 1.03 bits per heavy atom. The number of hydrogen-bond donors (Lipinski definition) is 1. The normalized spacial score (nSPS) is 13.9. The van der Waals surface area contributed by atoms with Crippen LogP contribution in [0.1, 0.15) is 30.4 Å². The molecule has 0 atom stereocenters. The Morgan fingerprint density at radius 3 is 2.56 bits per heavy atom. The molecule has 3 aromatic heterocycles. The largest absolute Gasteiger partial charge is 0.497 e. The first-order valence-electron chi connectivity index (χ1n) is 12.3. The summed E-state index contributed by atoms with van der Waals surface area (Å²) in [6.07, 6.45) is 7.91. The molecule has 1 aliphatic heterocycles. The Kier molecular flexibility index (Phi) is 7.22. The first kappa shape index (κ1) is 23.9. The van der Waals surface area contributed by atoms with Crippen molar-refractivity contribution in [3.05, 3.63) is 76.4 Å². The molecule has 9 nitrogen and oxygen atoms in total. The maximum Gasteiger partial charge on any atom is 0.331 e. The number of aromatic nitrogens is 5. The van der Waals surface area contributed by atoms with Gasteiger partial charge in [0.25, 0.3) is 0 Å². The smallest absolute Gasteiger partial charge is 0.331 e. The van der Waals surface area contributed by atoms with E-state index in [9.17, 15) is 9.18 Å². The Hall–Kier alpha value is -3.79. The molecule has 0 spiro atoms. The average Bonchev–Trinajstić information content (AvgIpc) is 3.50. The number of hydrogen-bond acceptors (Lipinski definition) is 7. The topological polar surface area (TPSA) is 90.1 Å². The van der Waals surface area contributed by atoms with E-state index in [1.54, 1.807) is 28.6 Å². The molecule has 1 aliphatic rings. The molecular formula is C26H30FN7O2. The lowest BCUT2D eigenvalue weighted by Crippen LogP contribution is -2.25. The third kappa shape index (κ3) is 5.38. The summed E-state index contributed by atoms with van der Waals surface area (Å²) in [4.78, 5) is 29.1. The van der Waals surface area contributed by atoms with Crippen molar-refractivity contribution in [1.82, 2.24) is 29.0 Å². The van der Waals surface area contributed by atoms with Gasteiger partial charge < -0.3 is 15.0 Å². The van der Waals surface area contributed by atoms with Gasteiger partial charge in [0.05, 0.1) is 32.6 Å². The number of pyridine rings is 1. The fourth-order valence-electron chi connectivity index (χ4n) is 4.62. The second-order valence-electron chi connectivity index (χ2n) is 9.05. The molecule has 36 heavy (non-hydrogen) atoms. The van der Waals surface area contributed by atoms with Crippen molar-refractivity contribution in [3.63, 3.8) is 0 Å². The number of nitrogens with zero attached hydrogens (tertiary/aromatic N) is 6. The van der Waals surface area contributed by atoms with Crippen molar-refractivity contribution in [1.29, 1.82) is 0 Å². The molecule has 1 fully saturated rings. The van der Waals surface area contributed by atoms with E-state index in [2.05, 4.69) is 20.2 Å². The van der Waals surface area contributed by atoms with Crippen LogP contribution in [0.25, 0.3) is 11.2 Å². The molecule has 0 aliphatic carbocycles. The Morgan fingerprint density at radius 2 is 1.81 bits per heavy atom. The van der Waals surface area contributed by atoms with Gasteiger partial charge in [0.2, 0.25) is 5.95 Å². The van der Waals surface area contributed by atoms with Crippen molar-refractivity contribution in [2.24, 2.45) is 0 Å². The van der Waals surface area contributed by atoms with Gasteiger partial charge in [0, 0.05) is 12.7 Å². The lowest BCUT2D eigenvalue weighted by atomic mass is 10.2. The second kappa shape index (κ2) is 10.9. The van der Waals surface area contributed by atoms with Gasteiger partial charge in [0.1, 0.15) is 17.1 Å². The quantitative estimate of drug-likeness (QED) is 0.341. The number of fused-ring (bicyclic) bond motifs is 1. The molecule has 5 rings (SSSR count). The minimum atomic E-state index is -0.445. The summed E-state index contributed by atoms with van der Waals surface area (Å²) in [5.74, 6) is 0.783. The van der Waals surface area contributed by atoms with E-state index < -0.39 is 5.82 Å². The van der Waals surface area contributed by atoms with Crippen LogP contribution in [0.2, 0.25) is 0 Å². The molecule has 0 unspecified atom stereocenters. The highest BCUT2D eigenvalue weighted by Crippen LogP contribution is 2.18. The summed E-state index contributed by atoms with van der Waals surface area (Å²) in [6.45, 7) is 4.65. The maximum absolute atomic E-state index is 13.7. The van der Waals surface area contributed by atoms with Crippen molar-refractivity contribution < 1.29 is 9.13 Å². The zero-order valence-electron chi connectivity index (χ0n) is 20.4. The zero-order chi connectivity index (χ0) is 24.9. The number of benzene rings is 1. The number of ether oxygens (including phenoxy) is 1. The Labute approximate surface area is 208 Å². The molecular weight excluding hydrogens is 461 g/mol. The molecule has 4 aromatic rings. The molecule has 0 bridgehead atoms. The molecule has 0 radical (unpaired) electrons. The summed E-state index contributed by atoms with van der Waals surface area (Å²) in [5.41, 5.74) is 2.39. The van der Waals surface area contributed by atoms with E-state index in [1.807, 2.05) is 24.3 Å². The average molecular weight is 492 g/mol. The molecule has 4 heterocycles. The lowest BCUT2D eigenvalue weighted by molar-refractivity contribution is 0.337. The highest BCUT2D eigenvalue weighted by molar-refractivity contribution is 5.72. The van der Waals surface area contributed by atoms with Crippen molar-refractivity contribution >= 4 is 17.1 Å². The van der Waals surface area contributed by atoms with Crippen LogP contribution in [0.3, 0.4) is 0 Å². The summed E-state index contributed by atoms with van der Waals surface area (Å²) in [5, 5.41) is 3.30. The summed E-state index contributed by atoms with van der Waals surface area (Å²) >= 11 is 0. The number of anilines is 1. The van der Waals surface area contributed by atoms with E-state index in [4.69, 9.17) is 9.72 Å². The number of likely N-dealkylation sites (tertiary alicyclic amines) is 1. The predicted molar refractivity (Wildman–Crippen MR) is 136 cm³/mol. The maximum atomic E-state index is 13.7. The van der Waals surface area contributed by atoms with Crippen LogP contribution in [0.15, 0.2) is 53.7 Å². The van der Waals surface area contributed by atoms with E-state index in [-0.39, 0.29) is 12.2 Å². The van der Waals surface area contributed by atoms with E-state index >= 15 is 0 Å². The predicted octanol–water partition coefficient (Wildman–Crippen LogP) is 3.13. The minimum Gasteiger partial charge on any atom is -0.497 e. The number of halogens is 1. The van der Waals surface area contributed by atoms with Gasteiger partial charge in [-0.05, 0) is 68.2 Å². The van der Waals surface area contributed by atoms with E-state index in [0.29, 0.717) is 29.2 Å². The van der Waals surface area contributed by atoms with Gasteiger partial charge in [0.15, 0.2) is 5.65 Å². The lowest BCUT2D eigenvalue weighted by Gasteiger charge is -2.14. The standard InChI is InChI=1S/C26H30FN7O2/c1-36-22-7-5-19(6-8-22)17-34-24-23(33(26(34)35)18-20-13-21(27)15-28-14-20)16-30-25(31-24)29-9-4-12-32-10-2-3-11-32/h5-8,13-16H,2-4,9-12,17-18H2,1H3,(H,29,30,31). The first-order chi connectivity index (χ1) is 17.6. The van der Waals surface area contributed by atoms with Crippen LogP contribution in [0.5, 0.6) is 5.75 Å². The summed E-state index contributed by atoms with van der Waals surface area (Å²) < 4.78 is 22.2. The second-order valence-corrected chi connectivity index (χ2v) is 9.05. The third-order valence-corrected chi connectivity index (χ3v) is 6.49. The van der Waals surface area contributed by atoms with Crippen molar-refractivity contribution in [2.45, 2.75) is 32.4 Å². The number of imidazole rings is 1. The first-order valence-corrected chi connectivity index (χ1v) is 12.3. The van der Waals surface area contributed by atoms with Crippen LogP contribution < -0.4 is 15.7 Å². The van der Waals surface area contributed by atoms with Crippen LogP contribution in [0, 0.1) is 5.82 Å². The van der Waals surface area contributed by atoms with Gasteiger partial charge in [-0.2, -0.15) is 4.98 Å². The number of nitrogens with one attached hydrogen (secondary N) is 1. The van der Waals surface area contributed by atoms with Crippen LogP contribution in [-0.2, 0) is 13.1 Å². The van der Waals surface area contributed by atoms with Gasteiger partial charge >= 0.3 is 5.69 Å². The molecule has 10 heteroatoms. The van der Waals surface area contributed by atoms with Crippen LogP contribution in [-0.4, -0.2) is 62.3 Å². The molecule has 0 amide bonds. The molecule has 1 saturated heterocycles. The van der Waals surface area contributed by atoms with Gasteiger partial charge in [-0.3, -0.25) is 14.1 Å².